The van der Waals surface area contributed by atoms with E-state index in [1.54, 1.807) is 0 Å². The first-order chi connectivity index (χ1) is 10.3. The van der Waals surface area contributed by atoms with E-state index < -0.39 is 5.97 Å². The van der Waals surface area contributed by atoms with E-state index in [2.05, 4.69) is 0 Å². The van der Waals surface area contributed by atoms with Gasteiger partial charge in [0.25, 0.3) is 5.97 Å². The monoisotopic (exact) mass is 306 g/mol. The van der Waals surface area contributed by atoms with Crippen LogP contribution in [0.5, 0.6) is 0 Å². The van der Waals surface area contributed by atoms with E-state index in [9.17, 15) is 4.79 Å². The molecule has 2 aromatic carbocycles. The number of aryl methyl sites for hydroxylation is 2. The van der Waals surface area contributed by atoms with Crippen LogP contribution in [0.2, 0.25) is 0 Å². The van der Waals surface area contributed by atoms with Gasteiger partial charge in [0, 0.05) is 6.92 Å². The van der Waals surface area contributed by atoms with Crippen LogP contribution in [0.25, 0.3) is 21.9 Å². The summed E-state index contributed by atoms with van der Waals surface area (Å²) in [6.07, 6.45) is 0. The minimum atomic E-state index is -0.833. The van der Waals surface area contributed by atoms with Gasteiger partial charge in [0.2, 0.25) is 0 Å². The third-order valence-electron chi connectivity index (χ3n) is 3.58. The standard InChI is InChI=1S/C15H11O2.C2H4O2.Na/c1-9-7-8-12-14(16)11-5-3-4-6-13(11)17-15(12)10(9)2;1-2(3)4;/h3-5,7-8H,1-2H3;1H3,(H,3,4);. The molecule has 1 heterocycles. The van der Waals surface area contributed by atoms with E-state index in [1.165, 1.54) is 0 Å². The van der Waals surface area contributed by atoms with Gasteiger partial charge in [-0.05, 0) is 0 Å². The molecule has 3 aromatic rings. The average Bonchev–Trinajstić information content (AvgIpc) is 2.44. The number of para-hydroxylation sites is 1. The van der Waals surface area contributed by atoms with Crippen molar-refractivity contribution >= 4 is 58.7 Å². The molecule has 4 nitrogen and oxygen atoms in total. The Balaban J connectivity index is 0.000000396. The summed E-state index contributed by atoms with van der Waals surface area (Å²) in [6.45, 7) is 5.12. The van der Waals surface area contributed by atoms with Crippen molar-refractivity contribution < 1.29 is 14.3 Å². The number of fused-ring (bicyclic) bond motifs is 2. The Kier molecular flexibility index (Phi) is 5.06. The normalized spacial score (nSPS) is 10.4. The number of aliphatic carboxylic acids is 1. The molecule has 108 valence electrons. The molecule has 0 aliphatic heterocycles. The molecule has 3 rings (SSSR count). The molecule has 0 fully saturated rings. The van der Waals surface area contributed by atoms with Crippen LogP contribution in [0.4, 0.5) is 0 Å². The Morgan fingerprint density at radius 3 is 2.32 bits per heavy atom. The molecule has 0 spiro atoms. The fourth-order valence-electron chi connectivity index (χ4n) is 2.31. The quantitative estimate of drug-likeness (QED) is 0.512. The third-order valence-corrected chi connectivity index (χ3v) is 4.37. The molecule has 1 N–H and O–H groups in total. The number of carboxylic acid groups (broad SMARTS) is 1. The summed E-state index contributed by atoms with van der Waals surface area (Å²) >= 11 is 0.874. The number of carbonyl (C=O) groups is 1. The van der Waals surface area contributed by atoms with Crippen LogP contribution in [0, 0.1) is 13.8 Å². The fourth-order valence-corrected chi connectivity index (χ4v) is 2.88. The SMILES string of the molecule is CC(=O)O.Cc1ccc2c(=O)c3ccc[c]([Na])c3oc2c1C. The average molecular weight is 306 g/mol. The van der Waals surface area contributed by atoms with Gasteiger partial charge >= 0.3 is 123 Å². The summed E-state index contributed by atoms with van der Waals surface area (Å²) in [6, 6.07) is 9.63. The maximum absolute atomic E-state index is 12.5. The summed E-state index contributed by atoms with van der Waals surface area (Å²) in [5.74, 6) is -0.833. The van der Waals surface area contributed by atoms with E-state index in [1.807, 2.05) is 44.2 Å². The van der Waals surface area contributed by atoms with Gasteiger partial charge in [0.1, 0.15) is 0 Å². The Bertz CT molecular complexity index is 921. The molecular weight excluding hydrogens is 291 g/mol. The fraction of sp³-hybridized carbons (Fsp3) is 0.176. The molecule has 1 aromatic heterocycles. The molecule has 0 saturated heterocycles. The van der Waals surface area contributed by atoms with Gasteiger partial charge in [-0.2, -0.15) is 0 Å². The van der Waals surface area contributed by atoms with Gasteiger partial charge in [-0.15, -0.1) is 0 Å². The van der Waals surface area contributed by atoms with Gasteiger partial charge in [-0.3, -0.25) is 4.79 Å². The first kappa shape index (κ1) is 16.7. The number of carboxylic acids is 1. The zero-order valence-electron chi connectivity index (χ0n) is 13.1. The van der Waals surface area contributed by atoms with Crippen molar-refractivity contribution in [1.29, 1.82) is 0 Å². The molecule has 0 amide bonds. The van der Waals surface area contributed by atoms with Crippen LogP contribution in [0.15, 0.2) is 39.5 Å². The molecule has 22 heavy (non-hydrogen) atoms. The zero-order chi connectivity index (χ0) is 16.4. The Hall–Kier alpha value is -1.62. The Labute approximate surface area is 145 Å². The van der Waals surface area contributed by atoms with Crippen molar-refractivity contribution in [2.45, 2.75) is 20.8 Å². The van der Waals surface area contributed by atoms with Crippen molar-refractivity contribution in [3.8, 4) is 0 Å². The second-order valence-electron chi connectivity index (χ2n) is 5.29. The minimum absolute atomic E-state index is 0.0760. The van der Waals surface area contributed by atoms with Gasteiger partial charge < -0.3 is 5.11 Å². The van der Waals surface area contributed by atoms with Crippen molar-refractivity contribution in [2.75, 3.05) is 0 Å². The summed E-state index contributed by atoms with van der Waals surface area (Å²) < 4.78 is 7.14. The van der Waals surface area contributed by atoms with Crippen molar-refractivity contribution in [3.05, 3.63) is 51.7 Å². The van der Waals surface area contributed by atoms with E-state index in [4.69, 9.17) is 14.3 Å². The van der Waals surface area contributed by atoms with E-state index in [0.717, 1.165) is 60.0 Å². The van der Waals surface area contributed by atoms with Gasteiger partial charge in [-0.25, -0.2) is 0 Å². The van der Waals surface area contributed by atoms with Gasteiger partial charge in [0.05, 0.1) is 0 Å². The molecule has 0 bridgehead atoms. The van der Waals surface area contributed by atoms with Crippen LogP contribution in [0.1, 0.15) is 18.1 Å². The van der Waals surface area contributed by atoms with E-state index in [-0.39, 0.29) is 5.43 Å². The van der Waals surface area contributed by atoms with Crippen LogP contribution in [-0.4, -0.2) is 39.0 Å². The molecule has 0 aliphatic carbocycles. The number of hydrogen-bond acceptors (Lipinski definition) is 3. The zero-order valence-corrected chi connectivity index (χ0v) is 15.1. The predicted octanol–water partition coefficient (Wildman–Crippen LogP) is 2.45. The first-order valence-electron chi connectivity index (χ1n) is 6.94. The summed E-state index contributed by atoms with van der Waals surface area (Å²) in [4.78, 5) is 21.5. The molecule has 0 unspecified atom stereocenters. The molecule has 0 atom stereocenters. The van der Waals surface area contributed by atoms with Gasteiger partial charge in [-0.1, -0.05) is 0 Å². The van der Waals surface area contributed by atoms with E-state index in [0.29, 0.717) is 10.8 Å². The second-order valence-corrected chi connectivity index (χ2v) is 6.36. The topological polar surface area (TPSA) is 67.5 Å². The summed E-state index contributed by atoms with van der Waals surface area (Å²) in [5.41, 5.74) is 3.77. The summed E-state index contributed by atoms with van der Waals surface area (Å²) in [7, 11) is 0. The second kappa shape index (κ2) is 6.65. The molecule has 0 radical (unpaired) electrons. The Morgan fingerprint density at radius 2 is 1.68 bits per heavy atom. The van der Waals surface area contributed by atoms with Gasteiger partial charge in [0.15, 0.2) is 0 Å². The molecule has 5 heteroatoms. The number of rotatable bonds is 0. The van der Waals surface area contributed by atoms with Crippen LogP contribution < -0.4 is 8.24 Å². The van der Waals surface area contributed by atoms with Crippen LogP contribution in [0.3, 0.4) is 0 Å². The van der Waals surface area contributed by atoms with Crippen LogP contribution in [-0.2, 0) is 4.79 Å². The molecule has 0 saturated carbocycles. The van der Waals surface area contributed by atoms with Crippen molar-refractivity contribution in [3.63, 3.8) is 0 Å². The number of benzene rings is 2. The van der Waals surface area contributed by atoms with E-state index >= 15 is 0 Å². The maximum atomic E-state index is 12.5. The third kappa shape index (κ3) is 3.24. The summed E-state index contributed by atoms with van der Waals surface area (Å²) in [5, 5.41) is 8.79. The Morgan fingerprint density at radius 1 is 1.09 bits per heavy atom. The predicted molar refractivity (Wildman–Crippen MR) is 88.2 cm³/mol. The molecule has 0 aliphatic rings. The molecular formula is C17H15NaO4. The van der Waals surface area contributed by atoms with Crippen LogP contribution >= 0.6 is 0 Å². The first-order valence-corrected chi connectivity index (χ1v) is 7.94. The van der Waals surface area contributed by atoms with Crippen molar-refractivity contribution in [1.82, 2.24) is 0 Å². The van der Waals surface area contributed by atoms with Crippen molar-refractivity contribution in [2.24, 2.45) is 0 Å². The number of hydrogen-bond donors (Lipinski definition) is 1.